The lowest BCUT2D eigenvalue weighted by Gasteiger charge is -2.29. The van der Waals surface area contributed by atoms with Gasteiger partial charge in [-0.05, 0) is 131 Å². The van der Waals surface area contributed by atoms with Gasteiger partial charge in [0, 0.05) is 16.9 Å². The molecule has 276 valence electrons. The fourth-order valence-electron chi connectivity index (χ4n) is 8.83. The minimum atomic E-state index is 1.09. The molecule has 0 aliphatic rings. The lowest BCUT2D eigenvalue weighted by molar-refractivity contribution is 1.28. The zero-order valence-corrected chi connectivity index (χ0v) is 32.5. The molecular formula is C58H39N. The van der Waals surface area contributed by atoms with Crippen molar-refractivity contribution in [2.24, 2.45) is 0 Å². The maximum atomic E-state index is 2.44. The fraction of sp³-hybridized carbons (Fsp3) is 0. The van der Waals surface area contributed by atoms with Crippen molar-refractivity contribution in [3.63, 3.8) is 0 Å². The van der Waals surface area contributed by atoms with Gasteiger partial charge in [-0.1, -0.05) is 188 Å². The summed E-state index contributed by atoms with van der Waals surface area (Å²) >= 11 is 0. The Morgan fingerprint density at radius 1 is 0.220 bits per heavy atom. The number of nitrogens with zero attached hydrogens (tertiary/aromatic N) is 1. The van der Waals surface area contributed by atoms with E-state index < -0.39 is 0 Å². The van der Waals surface area contributed by atoms with E-state index in [-0.39, 0.29) is 0 Å². The molecule has 0 N–H and O–H groups in total. The molecule has 0 saturated carbocycles. The zero-order chi connectivity index (χ0) is 39.1. The van der Waals surface area contributed by atoms with Crippen molar-refractivity contribution in [2.45, 2.75) is 0 Å². The van der Waals surface area contributed by atoms with Crippen LogP contribution in [0.5, 0.6) is 0 Å². The number of benzene rings is 11. The van der Waals surface area contributed by atoms with E-state index in [1.165, 1.54) is 82.0 Å². The SMILES string of the molecule is c1ccc(-c2ccc(-c3ccc4ccccc4c3)cc2N(c2ccc(-c3cc4ccccc4c4ccccc34)cc2)c2cccc(-c3ccc4ccccc4c3)c2)cc1. The van der Waals surface area contributed by atoms with Crippen LogP contribution in [-0.4, -0.2) is 0 Å². The molecule has 0 atom stereocenters. The molecule has 0 amide bonds. The Bertz CT molecular complexity index is 3320. The number of rotatable bonds is 7. The van der Waals surface area contributed by atoms with Crippen LogP contribution in [0.15, 0.2) is 237 Å². The normalized spacial score (nSPS) is 11.4. The highest BCUT2D eigenvalue weighted by molar-refractivity contribution is 6.13. The van der Waals surface area contributed by atoms with Gasteiger partial charge in [0.25, 0.3) is 0 Å². The molecule has 11 rings (SSSR count). The number of fused-ring (bicyclic) bond motifs is 5. The minimum absolute atomic E-state index is 1.09. The van der Waals surface area contributed by atoms with E-state index in [9.17, 15) is 0 Å². The van der Waals surface area contributed by atoms with Crippen molar-refractivity contribution in [1.29, 1.82) is 0 Å². The Balaban J connectivity index is 1.12. The van der Waals surface area contributed by atoms with Crippen LogP contribution in [-0.2, 0) is 0 Å². The topological polar surface area (TPSA) is 3.24 Å². The summed E-state index contributed by atoms with van der Waals surface area (Å²) in [7, 11) is 0. The van der Waals surface area contributed by atoms with Gasteiger partial charge in [-0.25, -0.2) is 0 Å². The second-order valence-corrected chi connectivity index (χ2v) is 15.3. The molecule has 0 spiro atoms. The van der Waals surface area contributed by atoms with Gasteiger partial charge in [0.1, 0.15) is 0 Å². The van der Waals surface area contributed by atoms with Gasteiger partial charge in [0.2, 0.25) is 0 Å². The highest BCUT2D eigenvalue weighted by atomic mass is 15.1. The lowest BCUT2D eigenvalue weighted by atomic mass is 9.93. The van der Waals surface area contributed by atoms with Crippen molar-refractivity contribution in [3.05, 3.63) is 237 Å². The third-order valence-electron chi connectivity index (χ3n) is 11.8. The predicted octanol–water partition coefficient (Wildman–Crippen LogP) is 16.4. The first kappa shape index (κ1) is 34.5. The monoisotopic (exact) mass is 749 g/mol. The molecule has 0 heterocycles. The Labute approximate surface area is 344 Å². The highest BCUT2D eigenvalue weighted by Crippen LogP contribution is 2.45. The molecule has 0 saturated heterocycles. The summed E-state index contributed by atoms with van der Waals surface area (Å²) in [5.41, 5.74) is 12.8. The van der Waals surface area contributed by atoms with Gasteiger partial charge in [0.05, 0.1) is 5.69 Å². The summed E-state index contributed by atoms with van der Waals surface area (Å²) in [5.74, 6) is 0. The van der Waals surface area contributed by atoms with Crippen LogP contribution in [0.25, 0.3) is 87.6 Å². The van der Waals surface area contributed by atoms with Crippen LogP contribution in [0, 0.1) is 0 Å². The second-order valence-electron chi connectivity index (χ2n) is 15.3. The molecule has 11 aromatic rings. The zero-order valence-electron chi connectivity index (χ0n) is 32.5. The first-order chi connectivity index (χ1) is 29.2. The fourth-order valence-corrected chi connectivity index (χ4v) is 8.83. The van der Waals surface area contributed by atoms with E-state index in [1.54, 1.807) is 0 Å². The number of hydrogen-bond donors (Lipinski definition) is 0. The van der Waals surface area contributed by atoms with Crippen molar-refractivity contribution in [3.8, 4) is 44.5 Å². The van der Waals surface area contributed by atoms with E-state index >= 15 is 0 Å². The summed E-state index contributed by atoms with van der Waals surface area (Å²) in [4.78, 5) is 2.44. The molecule has 1 heteroatoms. The van der Waals surface area contributed by atoms with Crippen LogP contribution < -0.4 is 4.90 Å². The second kappa shape index (κ2) is 14.6. The molecule has 0 aliphatic carbocycles. The molecule has 1 nitrogen and oxygen atoms in total. The van der Waals surface area contributed by atoms with Crippen LogP contribution in [0.2, 0.25) is 0 Å². The summed E-state index contributed by atoms with van der Waals surface area (Å²) in [6, 6.07) is 86.5. The summed E-state index contributed by atoms with van der Waals surface area (Å²) in [5, 5.41) is 10.0. The van der Waals surface area contributed by atoms with Gasteiger partial charge in [-0.2, -0.15) is 0 Å². The smallest absolute Gasteiger partial charge is 0.0546 e. The first-order valence-electron chi connectivity index (χ1n) is 20.3. The Morgan fingerprint density at radius 3 is 1.41 bits per heavy atom. The average molecular weight is 750 g/mol. The van der Waals surface area contributed by atoms with Crippen LogP contribution in [0.1, 0.15) is 0 Å². The summed E-state index contributed by atoms with van der Waals surface area (Å²) in [6.07, 6.45) is 0. The molecule has 0 aliphatic heterocycles. The van der Waals surface area contributed by atoms with E-state index in [0.717, 1.165) is 22.6 Å². The van der Waals surface area contributed by atoms with E-state index in [2.05, 4.69) is 241 Å². The van der Waals surface area contributed by atoms with Crippen LogP contribution in [0.3, 0.4) is 0 Å². The molecule has 11 aromatic carbocycles. The number of anilines is 3. The Kier molecular flexibility index (Phi) is 8.56. The summed E-state index contributed by atoms with van der Waals surface area (Å²) < 4.78 is 0. The average Bonchev–Trinajstić information content (AvgIpc) is 3.31. The van der Waals surface area contributed by atoms with Crippen molar-refractivity contribution in [1.82, 2.24) is 0 Å². The summed E-state index contributed by atoms with van der Waals surface area (Å²) in [6.45, 7) is 0. The minimum Gasteiger partial charge on any atom is -0.310 e. The van der Waals surface area contributed by atoms with Crippen molar-refractivity contribution in [2.75, 3.05) is 4.90 Å². The van der Waals surface area contributed by atoms with Gasteiger partial charge >= 0.3 is 0 Å². The molecule has 0 bridgehead atoms. The molecule has 0 unspecified atom stereocenters. The Hall–Kier alpha value is -7.74. The first-order valence-corrected chi connectivity index (χ1v) is 20.3. The highest BCUT2D eigenvalue weighted by Gasteiger charge is 2.20. The largest absolute Gasteiger partial charge is 0.310 e. The quantitative estimate of drug-likeness (QED) is 0.147. The van der Waals surface area contributed by atoms with Crippen LogP contribution >= 0.6 is 0 Å². The molecule has 59 heavy (non-hydrogen) atoms. The molecular weight excluding hydrogens is 711 g/mol. The third kappa shape index (κ3) is 6.40. The third-order valence-corrected chi connectivity index (χ3v) is 11.8. The van der Waals surface area contributed by atoms with Gasteiger partial charge < -0.3 is 4.90 Å². The maximum Gasteiger partial charge on any atom is 0.0546 e. The lowest BCUT2D eigenvalue weighted by Crippen LogP contribution is -2.11. The van der Waals surface area contributed by atoms with E-state index in [0.29, 0.717) is 0 Å². The van der Waals surface area contributed by atoms with Crippen molar-refractivity contribution >= 4 is 60.2 Å². The Morgan fingerprint density at radius 2 is 0.712 bits per heavy atom. The van der Waals surface area contributed by atoms with Gasteiger partial charge in [-0.3, -0.25) is 0 Å². The van der Waals surface area contributed by atoms with Gasteiger partial charge in [0.15, 0.2) is 0 Å². The van der Waals surface area contributed by atoms with Gasteiger partial charge in [-0.15, -0.1) is 0 Å². The van der Waals surface area contributed by atoms with Crippen LogP contribution in [0.4, 0.5) is 17.1 Å². The predicted molar refractivity (Wildman–Crippen MR) is 253 cm³/mol. The standard InChI is InChI=1S/C58H39N/c1-2-15-42(16-3-1)54-34-31-49(48-28-26-41-14-5-7-18-45(41)36-48)39-58(54)59(52-21-12-20-46(37-52)47-27-25-40-13-4-6-17-44(40)35-47)51-32-29-43(30-33-51)57-38-50-19-8-9-22-53(50)55-23-10-11-24-56(55)57/h1-39H. The molecule has 0 aromatic heterocycles. The van der Waals surface area contributed by atoms with E-state index in [4.69, 9.17) is 0 Å². The maximum absolute atomic E-state index is 2.44. The molecule has 0 fully saturated rings. The van der Waals surface area contributed by atoms with Crippen molar-refractivity contribution < 1.29 is 0 Å². The molecule has 0 radical (unpaired) electrons. The number of hydrogen-bond acceptors (Lipinski definition) is 1. The van der Waals surface area contributed by atoms with E-state index in [1.807, 2.05) is 0 Å².